The summed E-state index contributed by atoms with van der Waals surface area (Å²) in [5.74, 6) is 7.43. The number of hydrogen-bond acceptors (Lipinski definition) is 2. The summed E-state index contributed by atoms with van der Waals surface area (Å²) in [7, 11) is 0. The minimum Gasteiger partial charge on any atom is -0.494 e. The monoisotopic (exact) mass is 530 g/mol. The molecule has 0 heterocycles. The number of benzene rings is 3. The van der Waals surface area contributed by atoms with Gasteiger partial charge in [-0.05, 0) is 71.5 Å². The number of terminal acetylenes is 2. The molecule has 0 amide bonds. The van der Waals surface area contributed by atoms with Crippen molar-refractivity contribution in [2.45, 2.75) is 65.2 Å². The van der Waals surface area contributed by atoms with Crippen molar-refractivity contribution in [1.29, 1.82) is 0 Å². The highest BCUT2D eigenvalue weighted by Gasteiger charge is 2.05. The fourth-order valence-corrected chi connectivity index (χ4v) is 4.32. The fraction of sp³-hybridized carbons (Fsp3) is 0.316. The van der Waals surface area contributed by atoms with E-state index >= 15 is 0 Å². The van der Waals surface area contributed by atoms with Crippen molar-refractivity contribution in [2.24, 2.45) is 0 Å². The van der Waals surface area contributed by atoms with Crippen molar-refractivity contribution >= 4 is 24.3 Å². The summed E-state index contributed by atoms with van der Waals surface area (Å²) < 4.78 is 11.7. The van der Waals surface area contributed by atoms with E-state index in [0.717, 1.165) is 70.9 Å². The number of unbranched alkanes of at least 4 members (excludes halogenated alkanes) is 6. The molecule has 206 valence electrons. The minimum absolute atomic E-state index is 0.759. The molecule has 0 atom stereocenters. The lowest BCUT2D eigenvalue weighted by molar-refractivity contribution is 0.305. The van der Waals surface area contributed by atoms with Crippen molar-refractivity contribution in [3.05, 3.63) is 94.0 Å². The highest BCUT2D eigenvalue weighted by Crippen LogP contribution is 2.23. The van der Waals surface area contributed by atoms with Crippen molar-refractivity contribution in [2.75, 3.05) is 13.2 Å². The van der Waals surface area contributed by atoms with Gasteiger partial charge in [0.2, 0.25) is 0 Å². The molecule has 3 aromatic carbocycles. The lowest BCUT2D eigenvalue weighted by atomic mass is 9.97. The molecule has 0 fully saturated rings. The molecule has 3 aromatic rings. The zero-order valence-electron chi connectivity index (χ0n) is 24.1. The van der Waals surface area contributed by atoms with Crippen LogP contribution in [0.2, 0.25) is 0 Å². The van der Waals surface area contributed by atoms with E-state index in [-0.39, 0.29) is 0 Å². The molecule has 0 radical (unpaired) electrons. The second kappa shape index (κ2) is 17.4. The van der Waals surface area contributed by atoms with Crippen LogP contribution in [0.25, 0.3) is 24.3 Å². The molecule has 3 rings (SSSR count). The van der Waals surface area contributed by atoms with Gasteiger partial charge in [0.05, 0.1) is 13.2 Å². The zero-order valence-corrected chi connectivity index (χ0v) is 24.1. The summed E-state index contributed by atoms with van der Waals surface area (Å²) in [4.78, 5) is 0. The molecule has 0 aliphatic rings. The topological polar surface area (TPSA) is 18.5 Å². The Hall–Kier alpha value is -4.14. The number of hydrogen-bond donors (Lipinski definition) is 0. The van der Waals surface area contributed by atoms with Crippen molar-refractivity contribution in [3.8, 4) is 36.2 Å². The van der Waals surface area contributed by atoms with Crippen LogP contribution in [0.15, 0.2) is 60.7 Å². The Labute approximate surface area is 242 Å². The highest BCUT2D eigenvalue weighted by atomic mass is 16.5. The van der Waals surface area contributed by atoms with E-state index in [4.69, 9.17) is 22.3 Å². The number of rotatable bonds is 16. The minimum atomic E-state index is 0.759. The van der Waals surface area contributed by atoms with E-state index in [2.05, 4.69) is 50.0 Å². The SMILES string of the molecule is C#Cc1cc(/C=C/c2ccc(OCCCCCC)cc2)c(C#C)cc1/C=C/c1ccc(OCCCCCC)cc1. The van der Waals surface area contributed by atoms with E-state index in [1.54, 1.807) is 0 Å². The van der Waals surface area contributed by atoms with Crippen LogP contribution < -0.4 is 9.47 Å². The lowest BCUT2D eigenvalue weighted by Crippen LogP contribution is -1.96. The molecule has 0 aliphatic heterocycles. The van der Waals surface area contributed by atoms with Crippen LogP contribution in [-0.4, -0.2) is 13.2 Å². The van der Waals surface area contributed by atoms with Gasteiger partial charge >= 0.3 is 0 Å². The molecule has 0 bridgehead atoms. The quantitative estimate of drug-likeness (QED) is 0.104. The van der Waals surface area contributed by atoms with Crippen LogP contribution in [0.3, 0.4) is 0 Å². The third-order valence-electron chi connectivity index (χ3n) is 6.74. The molecular weight excluding hydrogens is 488 g/mol. The Kier molecular flexibility index (Phi) is 13.3. The van der Waals surface area contributed by atoms with Gasteiger partial charge in [0.15, 0.2) is 0 Å². The van der Waals surface area contributed by atoms with E-state index in [1.807, 2.05) is 60.7 Å². The maximum absolute atomic E-state index is 5.88. The van der Waals surface area contributed by atoms with Gasteiger partial charge in [0.1, 0.15) is 11.5 Å². The normalized spacial score (nSPS) is 11.0. The standard InChI is InChI=1S/C38H42O2/c1-5-9-11-13-27-39-37-23-17-31(18-24-37)15-21-35-29-34(8-4)36(30-33(35)7-3)22-16-32-19-25-38(26-20-32)40-28-14-12-10-6-2/h3-4,15-26,29-30H,5-6,9-14,27-28H2,1-2H3/b21-15+,22-16+. The molecule has 40 heavy (non-hydrogen) atoms. The fourth-order valence-electron chi connectivity index (χ4n) is 4.32. The van der Waals surface area contributed by atoms with Crippen molar-refractivity contribution in [3.63, 3.8) is 0 Å². The van der Waals surface area contributed by atoms with Crippen LogP contribution in [0.5, 0.6) is 11.5 Å². The van der Waals surface area contributed by atoms with Gasteiger partial charge in [-0.15, -0.1) is 12.8 Å². The molecule has 2 heteroatoms. The maximum atomic E-state index is 5.88. The van der Waals surface area contributed by atoms with Gasteiger partial charge in [-0.1, -0.05) is 113 Å². The highest BCUT2D eigenvalue weighted by molar-refractivity contribution is 5.79. The predicted molar refractivity (Wildman–Crippen MR) is 172 cm³/mol. The van der Waals surface area contributed by atoms with Crippen molar-refractivity contribution in [1.82, 2.24) is 0 Å². The first-order chi connectivity index (χ1) is 19.7. The van der Waals surface area contributed by atoms with Crippen LogP contribution in [-0.2, 0) is 0 Å². The van der Waals surface area contributed by atoms with Gasteiger partial charge in [-0.25, -0.2) is 0 Å². The molecular formula is C38H42O2. The summed E-state index contributed by atoms with van der Waals surface area (Å²) in [5, 5.41) is 0. The summed E-state index contributed by atoms with van der Waals surface area (Å²) in [6, 6.07) is 20.2. The first kappa shape index (κ1) is 30.4. The van der Waals surface area contributed by atoms with Crippen molar-refractivity contribution < 1.29 is 9.47 Å². The van der Waals surface area contributed by atoms with Crippen LogP contribution >= 0.6 is 0 Å². The van der Waals surface area contributed by atoms with E-state index < -0.39 is 0 Å². The van der Waals surface area contributed by atoms with Gasteiger partial charge in [0.25, 0.3) is 0 Å². The first-order valence-electron chi connectivity index (χ1n) is 14.6. The average Bonchev–Trinajstić information content (AvgIpc) is 2.99. The van der Waals surface area contributed by atoms with Gasteiger partial charge in [-0.2, -0.15) is 0 Å². The van der Waals surface area contributed by atoms with Crippen LogP contribution in [0.4, 0.5) is 0 Å². The Balaban J connectivity index is 1.63. The number of ether oxygens (including phenoxy) is 2. The third-order valence-corrected chi connectivity index (χ3v) is 6.74. The molecule has 0 aromatic heterocycles. The average molecular weight is 531 g/mol. The zero-order chi connectivity index (χ0) is 28.4. The molecule has 0 aliphatic carbocycles. The van der Waals surface area contributed by atoms with E-state index in [0.29, 0.717) is 0 Å². The molecule has 0 unspecified atom stereocenters. The third kappa shape index (κ3) is 10.2. The summed E-state index contributed by atoms with van der Waals surface area (Å²) >= 11 is 0. The van der Waals surface area contributed by atoms with Gasteiger partial charge < -0.3 is 9.47 Å². The smallest absolute Gasteiger partial charge is 0.119 e. The lowest BCUT2D eigenvalue weighted by Gasteiger charge is -2.07. The van der Waals surface area contributed by atoms with Gasteiger partial charge in [-0.3, -0.25) is 0 Å². The van der Waals surface area contributed by atoms with Crippen LogP contribution in [0, 0.1) is 24.7 Å². The predicted octanol–water partition coefficient (Wildman–Crippen LogP) is 9.91. The molecule has 0 saturated heterocycles. The van der Waals surface area contributed by atoms with Gasteiger partial charge in [0, 0.05) is 11.1 Å². The summed E-state index contributed by atoms with van der Waals surface area (Å²) in [5.41, 5.74) is 5.58. The Morgan fingerprint density at radius 2 is 0.950 bits per heavy atom. The summed E-state index contributed by atoms with van der Waals surface area (Å²) in [6.07, 6.45) is 29.5. The molecule has 0 N–H and O–H groups in total. The van der Waals surface area contributed by atoms with E-state index in [9.17, 15) is 0 Å². The Morgan fingerprint density at radius 1 is 0.550 bits per heavy atom. The largest absolute Gasteiger partial charge is 0.494 e. The Bertz CT molecular complexity index is 1210. The maximum Gasteiger partial charge on any atom is 0.119 e. The molecule has 0 spiro atoms. The second-order valence-corrected chi connectivity index (χ2v) is 9.94. The first-order valence-corrected chi connectivity index (χ1v) is 14.6. The second-order valence-electron chi connectivity index (χ2n) is 9.94. The molecule has 2 nitrogen and oxygen atoms in total. The molecule has 0 saturated carbocycles. The van der Waals surface area contributed by atoms with E-state index in [1.165, 1.54) is 38.5 Å². The van der Waals surface area contributed by atoms with Crippen LogP contribution in [0.1, 0.15) is 98.6 Å². The summed E-state index contributed by atoms with van der Waals surface area (Å²) in [6.45, 7) is 5.95. The Morgan fingerprint density at radius 3 is 1.30 bits per heavy atom.